The van der Waals surface area contributed by atoms with E-state index >= 15 is 0 Å². The molecular formula is C57H109NO5. The van der Waals surface area contributed by atoms with E-state index in [1.54, 1.807) is 0 Å². The maximum atomic E-state index is 13.2. The van der Waals surface area contributed by atoms with Gasteiger partial charge in [0.25, 0.3) is 0 Å². The van der Waals surface area contributed by atoms with Gasteiger partial charge in [-0.1, -0.05) is 238 Å². The fourth-order valence-corrected chi connectivity index (χ4v) is 8.72. The number of hydrogen-bond donors (Lipinski definition) is 3. The lowest BCUT2D eigenvalue weighted by Crippen LogP contribution is -2.46. The summed E-state index contributed by atoms with van der Waals surface area (Å²) in [6.45, 7) is 6.49. The Morgan fingerprint density at radius 2 is 0.762 bits per heavy atom. The maximum Gasteiger partial charge on any atom is 0.306 e. The van der Waals surface area contributed by atoms with Crippen LogP contribution >= 0.6 is 0 Å². The first-order valence-corrected chi connectivity index (χ1v) is 28.1. The maximum absolute atomic E-state index is 13.2. The molecule has 0 saturated carbocycles. The lowest BCUT2D eigenvalue weighted by molar-refractivity contribution is -0.151. The van der Waals surface area contributed by atoms with E-state index in [4.69, 9.17) is 4.74 Å². The predicted octanol–water partition coefficient (Wildman–Crippen LogP) is 17.1. The monoisotopic (exact) mass is 888 g/mol. The normalized spacial score (nSPS) is 13.3. The van der Waals surface area contributed by atoms with E-state index < -0.39 is 18.2 Å². The van der Waals surface area contributed by atoms with Gasteiger partial charge < -0.3 is 20.3 Å². The van der Waals surface area contributed by atoms with Crippen LogP contribution < -0.4 is 5.32 Å². The Morgan fingerprint density at radius 1 is 0.444 bits per heavy atom. The Kier molecular flexibility index (Phi) is 50.0. The van der Waals surface area contributed by atoms with Crippen molar-refractivity contribution < 1.29 is 24.5 Å². The number of carbonyl (C=O) groups excluding carboxylic acids is 2. The molecule has 0 aromatic rings. The summed E-state index contributed by atoms with van der Waals surface area (Å²) < 4.78 is 5.95. The molecule has 0 bridgehead atoms. The van der Waals surface area contributed by atoms with Crippen molar-refractivity contribution in [1.82, 2.24) is 5.32 Å². The second kappa shape index (κ2) is 51.3. The van der Waals surface area contributed by atoms with Crippen molar-refractivity contribution in [3.8, 4) is 0 Å². The average molecular weight is 889 g/mol. The highest BCUT2D eigenvalue weighted by molar-refractivity contribution is 5.77. The molecular weight excluding hydrogens is 779 g/mol. The third kappa shape index (κ3) is 46.7. The van der Waals surface area contributed by atoms with Crippen LogP contribution in [0.2, 0.25) is 0 Å². The molecule has 0 aliphatic heterocycles. The standard InChI is InChI=1S/C57H109NO5/c1-4-7-10-13-16-19-22-25-26-27-28-29-32-35-38-41-44-47-50-57(62)63-53(48-45-42-39-36-33-30-23-20-17-14-11-8-5-2)51-56(61)58-54(52-59)55(60)49-46-43-40-37-34-31-24-21-18-15-12-9-6-3/h20,23,28-29,53-55,59-60H,4-19,21-22,24-27,30-52H2,1-3H3,(H,58,61)/b23-20-,29-28+. The molecule has 0 aliphatic rings. The summed E-state index contributed by atoms with van der Waals surface area (Å²) in [6.07, 6.45) is 59.5. The topological polar surface area (TPSA) is 95.9 Å². The van der Waals surface area contributed by atoms with Crippen LogP contribution in [0.5, 0.6) is 0 Å². The summed E-state index contributed by atoms with van der Waals surface area (Å²) >= 11 is 0. The van der Waals surface area contributed by atoms with Gasteiger partial charge in [-0.3, -0.25) is 9.59 Å². The first-order chi connectivity index (χ1) is 31.0. The van der Waals surface area contributed by atoms with Crippen molar-refractivity contribution in [3.63, 3.8) is 0 Å². The SMILES string of the molecule is CCCCCC/C=C\CCCCCCCC(CC(=O)NC(CO)C(O)CCCCCCCCCCCCCCC)OC(=O)CCCCCCC/C=C/CCCCCCCCCCC. The lowest BCUT2D eigenvalue weighted by atomic mass is 10.0. The van der Waals surface area contributed by atoms with Crippen molar-refractivity contribution >= 4 is 11.9 Å². The van der Waals surface area contributed by atoms with Crippen molar-refractivity contribution in [2.45, 2.75) is 322 Å². The highest BCUT2D eigenvalue weighted by atomic mass is 16.5. The van der Waals surface area contributed by atoms with Crippen LogP contribution in [0.15, 0.2) is 24.3 Å². The molecule has 0 aliphatic carbocycles. The highest BCUT2D eigenvalue weighted by Gasteiger charge is 2.24. The summed E-state index contributed by atoms with van der Waals surface area (Å²) in [5.41, 5.74) is 0. The molecule has 1 amide bonds. The number of carbonyl (C=O) groups is 2. The second-order valence-corrected chi connectivity index (χ2v) is 19.3. The van der Waals surface area contributed by atoms with Crippen LogP contribution in [0.3, 0.4) is 0 Å². The number of aliphatic hydroxyl groups is 2. The van der Waals surface area contributed by atoms with E-state index in [1.165, 1.54) is 193 Å². The first kappa shape index (κ1) is 61.3. The van der Waals surface area contributed by atoms with Crippen molar-refractivity contribution in [3.05, 3.63) is 24.3 Å². The molecule has 0 saturated heterocycles. The van der Waals surface area contributed by atoms with Crippen LogP contribution in [0, 0.1) is 0 Å². The van der Waals surface area contributed by atoms with Crippen LogP contribution in [0.1, 0.15) is 303 Å². The molecule has 0 rings (SSSR count). The van der Waals surface area contributed by atoms with Crippen LogP contribution in [0.25, 0.3) is 0 Å². The van der Waals surface area contributed by atoms with Crippen LogP contribution in [0.4, 0.5) is 0 Å². The summed E-state index contributed by atoms with van der Waals surface area (Å²) in [7, 11) is 0. The number of rotatable bonds is 51. The van der Waals surface area contributed by atoms with Gasteiger partial charge in [0.1, 0.15) is 6.10 Å². The van der Waals surface area contributed by atoms with Gasteiger partial charge in [-0.2, -0.15) is 0 Å². The molecule has 6 nitrogen and oxygen atoms in total. The summed E-state index contributed by atoms with van der Waals surface area (Å²) in [4.78, 5) is 26.2. The van der Waals surface area contributed by atoms with E-state index in [9.17, 15) is 19.8 Å². The van der Waals surface area contributed by atoms with Crippen molar-refractivity contribution in [2.75, 3.05) is 6.61 Å². The van der Waals surface area contributed by atoms with Gasteiger partial charge in [0.15, 0.2) is 0 Å². The van der Waals surface area contributed by atoms with Gasteiger partial charge in [-0.25, -0.2) is 0 Å². The van der Waals surface area contributed by atoms with Gasteiger partial charge in [0.2, 0.25) is 5.91 Å². The summed E-state index contributed by atoms with van der Waals surface area (Å²) in [5.74, 6) is -0.477. The summed E-state index contributed by atoms with van der Waals surface area (Å²) in [6, 6.07) is -0.702. The number of allylic oxidation sites excluding steroid dienone is 4. The third-order valence-corrected chi connectivity index (χ3v) is 13.0. The highest BCUT2D eigenvalue weighted by Crippen LogP contribution is 2.18. The average Bonchev–Trinajstić information content (AvgIpc) is 3.28. The minimum Gasteiger partial charge on any atom is -0.462 e. The predicted molar refractivity (Wildman–Crippen MR) is 273 cm³/mol. The number of nitrogens with one attached hydrogen (secondary N) is 1. The molecule has 0 aromatic carbocycles. The number of unbranched alkanes of at least 4 members (excludes halogenated alkanes) is 35. The number of ether oxygens (including phenoxy) is 1. The molecule has 3 N–H and O–H groups in total. The van der Waals surface area contributed by atoms with Crippen molar-refractivity contribution in [1.29, 1.82) is 0 Å². The zero-order chi connectivity index (χ0) is 45.9. The fourth-order valence-electron chi connectivity index (χ4n) is 8.72. The summed E-state index contributed by atoms with van der Waals surface area (Å²) in [5, 5.41) is 23.8. The molecule has 0 fully saturated rings. The van der Waals surface area contributed by atoms with Gasteiger partial charge in [0, 0.05) is 6.42 Å². The van der Waals surface area contributed by atoms with Crippen molar-refractivity contribution in [2.24, 2.45) is 0 Å². The Bertz CT molecular complexity index is 997. The molecule has 0 radical (unpaired) electrons. The molecule has 3 atom stereocenters. The van der Waals surface area contributed by atoms with Gasteiger partial charge in [-0.15, -0.1) is 0 Å². The number of esters is 1. The smallest absolute Gasteiger partial charge is 0.306 e. The Morgan fingerprint density at radius 3 is 1.14 bits per heavy atom. The van der Waals surface area contributed by atoms with E-state index in [2.05, 4.69) is 50.4 Å². The third-order valence-electron chi connectivity index (χ3n) is 13.0. The first-order valence-electron chi connectivity index (χ1n) is 28.1. The number of hydrogen-bond acceptors (Lipinski definition) is 5. The van der Waals surface area contributed by atoms with Crippen LogP contribution in [-0.2, 0) is 14.3 Å². The molecule has 0 spiro atoms. The molecule has 3 unspecified atom stereocenters. The Labute approximate surface area is 392 Å². The largest absolute Gasteiger partial charge is 0.462 e. The lowest BCUT2D eigenvalue weighted by Gasteiger charge is -2.24. The quantitative estimate of drug-likeness (QED) is 0.0321. The molecule has 372 valence electrons. The van der Waals surface area contributed by atoms with Gasteiger partial charge in [-0.05, 0) is 77.0 Å². The molecule has 63 heavy (non-hydrogen) atoms. The van der Waals surface area contributed by atoms with E-state index in [0.29, 0.717) is 19.3 Å². The second-order valence-electron chi connectivity index (χ2n) is 19.3. The minimum atomic E-state index is -0.788. The van der Waals surface area contributed by atoms with Gasteiger partial charge >= 0.3 is 5.97 Å². The molecule has 6 heteroatoms. The molecule has 0 heterocycles. The Hall–Kier alpha value is -1.66. The fraction of sp³-hybridized carbons (Fsp3) is 0.895. The van der Waals surface area contributed by atoms with E-state index in [-0.39, 0.29) is 24.9 Å². The zero-order valence-corrected chi connectivity index (χ0v) is 42.5. The minimum absolute atomic E-state index is 0.0728. The van der Waals surface area contributed by atoms with E-state index in [1.807, 2.05) is 0 Å². The number of amides is 1. The zero-order valence-electron chi connectivity index (χ0n) is 42.5. The number of aliphatic hydroxyl groups excluding tert-OH is 2. The van der Waals surface area contributed by atoms with E-state index in [0.717, 1.165) is 64.2 Å². The Balaban J connectivity index is 4.52. The van der Waals surface area contributed by atoms with Crippen LogP contribution in [-0.4, -0.2) is 46.9 Å². The molecule has 0 aromatic heterocycles. The van der Waals surface area contributed by atoms with Gasteiger partial charge in [0.05, 0.1) is 25.2 Å².